The molecule has 1 aromatic carbocycles. The number of benzene rings is 1. The van der Waals surface area contributed by atoms with E-state index in [-0.39, 0.29) is 11.6 Å². The molecular formula is C12H14FNO. The Balaban J connectivity index is 2.49. The van der Waals surface area contributed by atoms with Crippen LogP contribution in [-0.2, 0) is 0 Å². The molecule has 0 aliphatic heterocycles. The van der Waals surface area contributed by atoms with Crippen LogP contribution in [0, 0.1) is 18.2 Å². The Bertz CT molecular complexity index is 357. The molecule has 80 valence electrons. The molecule has 0 heterocycles. The fourth-order valence-electron chi connectivity index (χ4n) is 1.20. The number of halogens is 1. The lowest BCUT2D eigenvalue weighted by Crippen LogP contribution is -2.01. The summed E-state index contributed by atoms with van der Waals surface area (Å²) in [4.78, 5) is 0. The van der Waals surface area contributed by atoms with Crippen molar-refractivity contribution in [2.75, 3.05) is 19.0 Å². The van der Waals surface area contributed by atoms with Crippen molar-refractivity contribution in [2.45, 2.75) is 12.8 Å². The van der Waals surface area contributed by atoms with Crippen LogP contribution >= 0.6 is 0 Å². The van der Waals surface area contributed by atoms with E-state index in [4.69, 9.17) is 11.2 Å². The molecule has 0 aromatic heterocycles. The van der Waals surface area contributed by atoms with E-state index in [0.717, 1.165) is 25.1 Å². The van der Waals surface area contributed by atoms with Gasteiger partial charge in [0, 0.05) is 24.7 Å². The zero-order valence-electron chi connectivity index (χ0n) is 8.72. The van der Waals surface area contributed by atoms with Crippen molar-refractivity contribution >= 4 is 5.69 Å². The zero-order valence-corrected chi connectivity index (χ0v) is 8.72. The van der Waals surface area contributed by atoms with Gasteiger partial charge in [0.25, 0.3) is 0 Å². The maximum atomic E-state index is 13.2. The van der Waals surface area contributed by atoms with Crippen LogP contribution < -0.4 is 10.1 Å². The van der Waals surface area contributed by atoms with Gasteiger partial charge in [-0.2, -0.15) is 0 Å². The summed E-state index contributed by atoms with van der Waals surface area (Å²) in [6.45, 7) is 0.746. The van der Waals surface area contributed by atoms with Gasteiger partial charge in [0.15, 0.2) is 11.6 Å². The van der Waals surface area contributed by atoms with Crippen LogP contribution in [0.4, 0.5) is 10.1 Å². The van der Waals surface area contributed by atoms with E-state index < -0.39 is 0 Å². The lowest BCUT2D eigenvalue weighted by molar-refractivity contribution is 0.386. The molecule has 1 rings (SSSR count). The van der Waals surface area contributed by atoms with Crippen molar-refractivity contribution < 1.29 is 9.13 Å². The highest BCUT2D eigenvalue weighted by Gasteiger charge is 2.02. The highest BCUT2D eigenvalue weighted by atomic mass is 19.1. The number of hydrogen-bond donors (Lipinski definition) is 1. The average molecular weight is 207 g/mol. The molecule has 3 heteroatoms. The lowest BCUT2D eigenvalue weighted by atomic mass is 10.2. The van der Waals surface area contributed by atoms with Gasteiger partial charge < -0.3 is 10.1 Å². The first-order valence-electron chi connectivity index (χ1n) is 4.79. The molecule has 0 fully saturated rings. The Kier molecular flexibility index (Phi) is 4.49. The lowest BCUT2D eigenvalue weighted by Gasteiger charge is -2.07. The maximum absolute atomic E-state index is 13.2. The summed E-state index contributed by atoms with van der Waals surface area (Å²) in [5.74, 6) is 2.44. The second-order valence-electron chi connectivity index (χ2n) is 3.08. The predicted molar refractivity (Wildman–Crippen MR) is 59.5 cm³/mol. The quantitative estimate of drug-likeness (QED) is 0.592. The third-order valence-electron chi connectivity index (χ3n) is 1.98. The first kappa shape index (κ1) is 11.4. The molecule has 2 nitrogen and oxygen atoms in total. The molecule has 0 aliphatic rings. The van der Waals surface area contributed by atoms with Crippen LogP contribution in [0.1, 0.15) is 12.8 Å². The third kappa shape index (κ3) is 3.51. The smallest absolute Gasteiger partial charge is 0.167 e. The van der Waals surface area contributed by atoms with Gasteiger partial charge in [-0.05, 0) is 18.6 Å². The molecule has 1 N–H and O–H groups in total. The van der Waals surface area contributed by atoms with Crippen molar-refractivity contribution in [1.29, 1.82) is 0 Å². The van der Waals surface area contributed by atoms with Gasteiger partial charge in [-0.1, -0.05) is 0 Å². The van der Waals surface area contributed by atoms with Gasteiger partial charge in [-0.15, -0.1) is 12.3 Å². The summed E-state index contributed by atoms with van der Waals surface area (Å²) in [5, 5.41) is 3.08. The average Bonchev–Trinajstić information content (AvgIpc) is 2.25. The minimum atomic E-state index is -0.362. The van der Waals surface area contributed by atoms with Crippen LogP contribution in [0.2, 0.25) is 0 Å². The molecule has 0 aliphatic carbocycles. The van der Waals surface area contributed by atoms with E-state index in [0.29, 0.717) is 0 Å². The van der Waals surface area contributed by atoms with Gasteiger partial charge in [-0.25, -0.2) is 4.39 Å². The number of hydrogen-bond acceptors (Lipinski definition) is 2. The molecule has 1 aromatic rings. The summed E-state index contributed by atoms with van der Waals surface area (Å²) in [5.41, 5.74) is 0.741. The number of unbranched alkanes of at least 4 members (excludes halogenated alkanes) is 1. The van der Waals surface area contributed by atoms with Gasteiger partial charge in [0.05, 0.1) is 7.11 Å². The number of ether oxygens (including phenoxy) is 1. The molecule has 0 spiro atoms. The zero-order chi connectivity index (χ0) is 11.1. The summed E-state index contributed by atoms with van der Waals surface area (Å²) in [6.07, 6.45) is 6.72. The molecule has 0 bridgehead atoms. The Morgan fingerprint density at radius 3 is 2.93 bits per heavy atom. The fourth-order valence-corrected chi connectivity index (χ4v) is 1.20. The second-order valence-corrected chi connectivity index (χ2v) is 3.08. The minimum Gasteiger partial charge on any atom is -0.494 e. The summed E-state index contributed by atoms with van der Waals surface area (Å²) < 4.78 is 18.0. The number of terminal acetylenes is 1. The second kappa shape index (κ2) is 5.92. The SMILES string of the molecule is C#CCCCNc1ccc(OC)c(F)c1. The fraction of sp³-hybridized carbons (Fsp3) is 0.333. The molecule has 0 atom stereocenters. The summed E-state index contributed by atoms with van der Waals surface area (Å²) >= 11 is 0. The first-order valence-corrected chi connectivity index (χ1v) is 4.79. The normalized spacial score (nSPS) is 9.40. The van der Waals surface area contributed by atoms with E-state index in [9.17, 15) is 4.39 Å². The van der Waals surface area contributed by atoms with Gasteiger partial charge in [-0.3, -0.25) is 0 Å². The number of methoxy groups -OCH3 is 1. The highest BCUT2D eigenvalue weighted by molar-refractivity contribution is 5.47. The van der Waals surface area contributed by atoms with Gasteiger partial charge in [0.2, 0.25) is 0 Å². The van der Waals surface area contributed by atoms with E-state index in [2.05, 4.69) is 11.2 Å². The standard InChI is InChI=1S/C12H14FNO/c1-3-4-5-8-14-10-6-7-12(15-2)11(13)9-10/h1,6-7,9,14H,4-5,8H2,2H3. The largest absolute Gasteiger partial charge is 0.494 e. The summed E-state index contributed by atoms with van der Waals surface area (Å²) in [7, 11) is 1.44. The molecule has 0 unspecified atom stereocenters. The molecular weight excluding hydrogens is 193 g/mol. The Hall–Kier alpha value is -1.69. The van der Waals surface area contributed by atoms with Gasteiger partial charge in [0.1, 0.15) is 0 Å². The molecule has 0 saturated carbocycles. The molecule has 0 saturated heterocycles. The van der Waals surface area contributed by atoms with Crippen LogP contribution in [0.5, 0.6) is 5.75 Å². The topological polar surface area (TPSA) is 21.3 Å². The maximum Gasteiger partial charge on any atom is 0.167 e. The van der Waals surface area contributed by atoms with E-state index >= 15 is 0 Å². The van der Waals surface area contributed by atoms with E-state index in [1.807, 2.05) is 0 Å². The highest BCUT2D eigenvalue weighted by Crippen LogP contribution is 2.20. The number of nitrogens with one attached hydrogen (secondary N) is 1. The monoisotopic (exact) mass is 207 g/mol. The van der Waals surface area contributed by atoms with Gasteiger partial charge >= 0.3 is 0 Å². The van der Waals surface area contributed by atoms with Crippen LogP contribution in [-0.4, -0.2) is 13.7 Å². The molecule has 0 radical (unpaired) electrons. The molecule has 0 amide bonds. The number of anilines is 1. The predicted octanol–water partition coefficient (Wildman–Crippen LogP) is 2.66. The first-order chi connectivity index (χ1) is 7.27. The van der Waals surface area contributed by atoms with Crippen molar-refractivity contribution in [3.05, 3.63) is 24.0 Å². The van der Waals surface area contributed by atoms with Crippen molar-refractivity contribution in [2.24, 2.45) is 0 Å². The minimum absolute atomic E-state index is 0.254. The van der Waals surface area contributed by atoms with Crippen LogP contribution in [0.25, 0.3) is 0 Å². The Labute approximate surface area is 89.4 Å². The summed E-state index contributed by atoms with van der Waals surface area (Å²) in [6, 6.07) is 4.78. The van der Waals surface area contributed by atoms with E-state index in [1.54, 1.807) is 12.1 Å². The van der Waals surface area contributed by atoms with Crippen molar-refractivity contribution in [1.82, 2.24) is 0 Å². The van der Waals surface area contributed by atoms with Crippen molar-refractivity contribution in [3.8, 4) is 18.1 Å². The van der Waals surface area contributed by atoms with Crippen LogP contribution in [0.15, 0.2) is 18.2 Å². The van der Waals surface area contributed by atoms with Crippen molar-refractivity contribution in [3.63, 3.8) is 0 Å². The van der Waals surface area contributed by atoms with E-state index in [1.165, 1.54) is 13.2 Å². The third-order valence-corrected chi connectivity index (χ3v) is 1.98. The number of rotatable bonds is 5. The molecule has 15 heavy (non-hydrogen) atoms. The Morgan fingerprint density at radius 1 is 1.53 bits per heavy atom. The Morgan fingerprint density at radius 2 is 2.33 bits per heavy atom. The van der Waals surface area contributed by atoms with Crippen LogP contribution in [0.3, 0.4) is 0 Å².